The second-order valence-corrected chi connectivity index (χ2v) is 9.93. The number of carbonyl (C=O) groups is 2. The van der Waals surface area contributed by atoms with E-state index in [9.17, 15) is 9.59 Å². The van der Waals surface area contributed by atoms with Gasteiger partial charge in [-0.15, -0.1) is 0 Å². The average molecular weight is 471 g/mol. The van der Waals surface area contributed by atoms with Gasteiger partial charge < -0.3 is 10.1 Å². The molecular weight excluding hydrogens is 440 g/mol. The zero-order valence-electron chi connectivity index (χ0n) is 20.0. The molecule has 7 heteroatoms. The minimum atomic E-state index is -1.06. The van der Waals surface area contributed by atoms with Gasteiger partial charge in [0, 0.05) is 39.1 Å². The summed E-state index contributed by atoms with van der Waals surface area (Å²) >= 11 is 0. The quantitative estimate of drug-likeness (QED) is 0.580. The summed E-state index contributed by atoms with van der Waals surface area (Å²) in [6, 6.07) is 20.2. The second kappa shape index (κ2) is 8.66. The van der Waals surface area contributed by atoms with Gasteiger partial charge in [0.25, 0.3) is 5.91 Å². The van der Waals surface area contributed by atoms with E-state index in [4.69, 9.17) is 4.74 Å². The van der Waals surface area contributed by atoms with Crippen LogP contribution in [0.3, 0.4) is 0 Å². The topological polar surface area (TPSA) is 65.1 Å². The van der Waals surface area contributed by atoms with Crippen LogP contribution >= 0.6 is 0 Å². The highest BCUT2D eigenvalue weighted by Gasteiger charge is 2.49. The van der Waals surface area contributed by atoms with Crippen molar-refractivity contribution >= 4 is 22.7 Å². The summed E-state index contributed by atoms with van der Waals surface area (Å²) in [5.74, 6) is 0.823. The Morgan fingerprint density at radius 1 is 0.914 bits per heavy atom. The minimum Gasteiger partial charge on any atom is -0.493 e. The van der Waals surface area contributed by atoms with E-state index >= 15 is 0 Å². The monoisotopic (exact) mass is 470 g/mol. The van der Waals surface area contributed by atoms with Crippen molar-refractivity contribution in [3.63, 3.8) is 0 Å². The summed E-state index contributed by atoms with van der Waals surface area (Å²) in [5, 5.41) is 5.12. The number of carbonyl (C=O) groups excluding carboxylic acids is 2. The molecule has 0 radical (unpaired) electrons. The third-order valence-corrected chi connectivity index (χ3v) is 7.57. The smallest absolute Gasteiger partial charge is 0.326 e. The Morgan fingerprint density at radius 2 is 1.69 bits per heavy atom. The summed E-state index contributed by atoms with van der Waals surface area (Å²) in [6.45, 7) is 7.24. The van der Waals surface area contributed by atoms with Crippen LogP contribution < -0.4 is 10.1 Å². The molecule has 2 saturated heterocycles. The van der Waals surface area contributed by atoms with Crippen molar-refractivity contribution in [2.75, 3.05) is 39.5 Å². The van der Waals surface area contributed by atoms with Crippen LogP contribution in [0.1, 0.15) is 23.6 Å². The normalized spacial score (nSPS) is 22.9. The Labute approximate surface area is 205 Å². The molecule has 3 aliphatic rings. The second-order valence-electron chi connectivity index (χ2n) is 9.93. The van der Waals surface area contributed by atoms with Gasteiger partial charge in [0.1, 0.15) is 11.3 Å². The fourth-order valence-electron chi connectivity index (χ4n) is 5.41. The predicted molar refractivity (Wildman–Crippen MR) is 134 cm³/mol. The van der Waals surface area contributed by atoms with Gasteiger partial charge in [0.05, 0.1) is 13.3 Å². The van der Waals surface area contributed by atoms with Gasteiger partial charge in [-0.25, -0.2) is 9.69 Å². The molecule has 0 bridgehead atoms. The Kier molecular flexibility index (Phi) is 5.46. The molecule has 2 fully saturated rings. The first-order chi connectivity index (χ1) is 17.0. The summed E-state index contributed by atoms with van der Waals surface area (Å²) < 4.78 is 5.61. The minimum absolute atomic E-state index is 0.194. The van der Waals surface area contributed by atoms with Gasteiger partial charge in [-0.3, -0.25) is 14.6 Å². The van der Waals surface area contributed by atoms with Crippen molar-refractivity contribution in [1.29, 1.82) is 0 Å². The van der Waals surface area contributed by atoms with Gasteiger partial charge >= 0.3 is 6.03 Å². The number of urea groups is 1. The highest BCUT2D eigenvalue weighted by atomic mass is 16.5. The number of nitrogens with one attached hydrogen (secondary N) is 1. The van der Waals surface area contributed by atoms with E-state index in [0.717, 1.165) is 67.8 Å². The number of amides is 3. The molecule has 7 nitrogen and oxygen atoms in total. The van der Waals surface area contributed by atoms with Crippen LogP contribution in [0.2, 0.25) is 0 Å². The van der Waals surface area contributed by atoms with Gasteiger partial charge in [-0.2, -0.15) is 0 Å². The Balaban J connectivity index is 1.09. The predicted octanol–water partition coefficient (Wildman–Crippen LogP) is 3.32. The summed E-state index contributed by atoms with van der Waals surface area (Å²) in [7, 11) is 0. The zero-order valence-corrected chi connectivity index (χ0v) is 20.0. The molecule has 180 valence electrons. The number of hydrogen-bond acceptors (Lipinski definition) is 5. The maximum atomic E-state index is 13.4. The van der Waals surface area contributed by atoms with Gasteiger partial charge in [-0.05, 0) is 46.5 Å². The molecule has 1 atom stereocenters. The van der Waals surface area contributed by atoms with Crippen molar-refractivity contribution in [2.45, 2.75) is 25.4 Å². The van der Waals surface area contributed by atoms with Crippen LogP contribution in [0.5, 0.6) is 5.75 Å². The number of fused-ring (bicyclic) bond motifs is 2. The van der Waals surface area contributed by atoms with Crippen molar-refractivity contribution in [1.82, 2.24) is 20.0 Å². The van der Waals surface area contributed by atoms with E-state index in [0.29, 0.717) is 6.67 Å². The first-order valence-corrected chi connectivity index (χ1v) is 12.3. The zero-order chi connectivity index (χ0) is 24.0. The molecule has 6 rings (SSSR count). The van der Waals surface area contributed by atoms with E-state index in [1.807, 2.05) is 42.5 Å². The molecule has 3 heterocycles. The number of imide groups is 1. The fraction of sp³-hybridized carbons (Fsp3) is 0.357. The van der Waals surface area contributed by atoms with E-state index in [2.05, 4.69) is 33.3 Å². The maximum absolute atomic E-state index is 13.4. The first kappa shape index (κ1) is 22.1. The third-order valence-electron chi connectivity index (χ3n) is 7.57. The van der Waals surface area contributed by atoms with E-state index in [1.165, 1.54) is 16.0 Å². The van der Waals surface area contributed by atoms with Crippen LogP contribution in [-0.4, -0.2) is 66.1 Å². The molecule has 1 N–H and O–H groups in total. The fourth-order valence-corrected chi connectivity index (χ4v) is 5.41. The van der Waals surface area contributed by atoms with Crippen LogP contribution in [-0.2, 0) is 23.3 Å². The highest BCUT2D eigenvalue weighted by molar-refractivity contribution is 6.07. The van der Waals surface area contributed by atoms with E-state index < -0.39 is 5.54 Å². The molecule has 3 aromatic carbocycles. The lowest BCUT2D eigenvalue weighted by atomic mass is 9.90. The standard InChI is InChI=1S/C28H30N4O3/c1-28(24-8-7-21-4-2-3-5-22(21)17-24)26(33)32(27(34)29-28)19-31-13-11-30(12-14-31)18-20-6-9-25-23(16-20)10-15-35-25/h2-9,16-17H,10-15,18-19H2,1H3,(H,29,34)/t28-/m1/s1. The van der Waals surface area contributed by atoms with E-state index in [1.54, 1.807) is 6.92 Å². The number of piperazine rings is 1. The number of hydrogen-bond donors (Lipinski definition) is 1. The molecule has 0 aliphatic carbocycles. The molecule has 0 unspecified atom stereocenters. The van der Waals surface area contributed by atoms with Gasteiger partial charge in [-0.1, -0.05) is 48.5 Å². The SMILES string of the molecule is C[C@]1(c2ccc3ccccc3c2)NC(=O)N(CN2CCN(Cc3ccc4c(c3)CCO4)CC2)C1=O. The third kappa shape index (κ3) is 4.05. The summed E-state index contributed by atoms with van der Waals surface area (Å²) in [4.78, 5) is 32.3. The molecule has 3 aromatic rings. The largest absolute Gasteiger partial charge is 0.493 e. The summed E-state index contributed by atoms with van der Waals surface area (Å²) in [5.41, 5.74) is 2.36. The number of nitrogens with zero attached hydrogens (tertiary/aromatic N) is 3. The van der Waals surface area contributed by atoms with Gasteiger partial charge in [0.2, 0.25) is 0 Å². The number of ether oxygens (including phenoxy) is 1. The maximum Gasteiger partial charge on any atom is 0.326 e. The molecule has 0 aromatic heterocycles. The van der Waals surface area contributed by atoms with Crippen molar-refractivity contribution in [3.05, 3.63) is 77.4 Å². The van der Waals surface area contributed by atoms with Crippen LogP contribution in [0, 0.1) is 0 Å². The molecule has 3 aliphatic heterocycles. The van der Waals surface area contributed by atoms with Crippen LogP contribution in [0.4, 0.5) is 4.79 Å². The Hall–Kier alpha value is -3.42. The highest BCUT2D eigenvalue weighted by Crippen LogP contribution is 2.31. The van der Waals surface area contributed by atoms with Crippen LogP contribution in [0.25, 0.3) is 10.8 Å². The molecular formula is C28H30N4O3. The van der Waals surface area contributed by atoms with Gasteiger partial charge in [0.15, 0.2) is 0 Å². The summed E-state index contributed by atoms with van der Waals surface area (Å²) in [6.07, 6.45) is 0.987. The molecule has 35 heavy (non-hydrogen) atoms. The molecule has 0 spiro atoms. The average Bonchev–Trinajstić information content (AvgIpc) is 3.43. The number of rotatable bonds is 5. The lowest BCUT2D eigenvalue weighted by Crippen LogP contribution is -2.51. The Morgan fingerprint density at radius 3 is 2.51 bits per heavy atom. The van der Waals surface area contributed by atoms with Crippen molar-refractivity contribution < 1.29 is 14.3 Å². The lowest BCUT2D eigenvalue weighted by Gasteiger charge is -2.36. The van der Waals surface area contributed by atoms with Crippen molar-refractivity contribution in [2.24, 2.45) is 0 Å². The molecule has 3 amide bonds. The lowest BCUT2D eigenvalue weighted by molar-refractivity contribution is -0.132. The van der Waals surface area contributed by atoms with Crippen LogP contribution in [0.15, 0.2) is 60.7 Å². The first-order valence-electron chi connectivity index (χ1n) is 12.3. The molecule has 0 saturated carbocycles. The Bertz CT molecular complexity index is 1300. The van der Waals surface area contributed by atoms with Crippen molar-refractivity contribution in [3.8, 4) is 5.75 Å². The number of benzene rings is 3. The van der Waals surface area contributed by atoms with E-state index in [-0.39, 0.29) is 11.9 Å².